The minimum absolute atomic E-state index is 0.0246. The van der Waals surface area contributed by atoms with E-state index in [1.165, 1.54) is 18.5 Å². The van der Waals surface area contributed by atoms with Gasteiger partial charge in [-0.05, 0) is 48.8 Å². The fourth-order valence-electron chi connectivity index (χ4n) is 2.17. The van der Waals surface area contributed by atoms with Gasteiger partial charge < -0.3 is 10.1 Å². The van der Waals surface area contributed by atoms with Crippen molar-refractivity contribution in [2.75, 3.05) is 19.0 Å². The summed E-state index contributed by atoms with van der Waals surface area (Å²) < 4.78 is 6.97. The van der Waals surface area contributed by atoms with Crippen molar-refractivity contribution in [3.63, 3.8) is 0 Å². The first kappa shape index (κ1) is 15.0. The van der Waals surface area contributed by atoms with Gasteiger partial charge in [0.25, 0.3) is 0 Å². The zero-order chi connectivity index (χ0) is 13.8. The van der Waals surface area contributed by atoms with Crippen LogP contribution in [0.2, 0.25) is 0 Å². The summed E-state index contributed by atoms with van der Waals surface area (Å²) in [4.78, 5) is 9.44. The number of nitrogens with zero attached hydrogens (tertiary/aromatic N) is 2. The van der Waals surface area contributed by atoms with Crippen molar-refractivity contribution in [3.05, 3.63) is 15.1 Å². The minimum atomic E-state index is 0.0246. The second-order valence-electron chi connectivity index (χ2n) is 4.89. The third-order valence-corrected chi connectivity index (χ3v) is 4.37. The smallest absolute Gasteiger partial charge is 0.159 e. The van der Waals surface area contributed by atoms with Gasteiger partial charge in [0, 0.05) is 19.6 Å². The Morgan fingerprint density at radius 3 is 2.63 bits per heavy atom. The summed E-state index contributed by atoms with van der Waals surface area (Å²) >= 11 is 2.35. The highest BCUT2D eigenvalue weighted by atomic mass is 127. The molecule has 1 saturated carbocycles. The fraction of sp³-hybridized carbons (Fsp3) is 0.714. The second kappa shape index (κ2) is 6.83. The maximum atomic E-state index is 5.81. The van der Waals surface area contributed by atoms with Gasteiger partial charge in [0.2, 0.25) is 0 Å². The van der Waals surface area contributed by atoms with Crippen LogP contribution in [0.1, 0.15) is 63.1 Å². The Morgan fingerprint density at radius 2 is 2.11 bits per heavy atom. The molecule has 106 valence electrons. The lowest BCUT2D eigenvalue weighted by atomic mass is 10.2. The van der Waals surface area contributed by atoms with Gasteiger partial charge in [-0.25, -0.2) is 9.97 Å². The van der Waals surface area contributed by atoms with E-state index in [-0.39, 0.29) is 6.10 Å². The highest BCUT2D eigenvalue weighted by Gasteiger charge is 2.30. The number of halogens is 1. The highest BCUT2D eigenvalue weighted by molar-refractivity contribution is 14.1. The SMILES string of the molecule is CCCC(OCC)c1nc(NC)c(I)c(C2CC2)n1. The lowest BCUT2D eigenvalue weighted by Crippen LogP contribution is -2.13. The lowest BCUT2D eigenvalue weighted by molar-refractivity contribution is 0.0493. The molecule has 2 rings (SSSR count). The van der Waals surface area contributed by atoms with E-state index in [1.807, 2.05) is 14.0 Å². The molecule has 1 atom stereocenters. The zero-order valence-corrected chi connectivity index (χ0v) is 14.0. The Kier molecular flexibility index (Phi) is 5.38. The fourth-order valence-corrected chi connectivity index (χ4v) is 3.12. The van der Waals surface area contributed by atoms with E-state index in [4.69, 9.17) is 9.72 Å². The van der Waals surface area contributed by atoms with E-state index in [0.29, 0.717) is 12.5 Å². The Labute approximate surface area is 128 Å². The monoisotopic (exact) mass is 375 g/mol. The first-order valence-corrected chi connectivity index (χ1v) is 8.15. The Balaban J connectivity index is 2.35. The van der Waals surface area contributed by atoms with Gasteiger partial charge in [-0.3, -0.25) is 0 Å². The quantitative estimate of drug-likeness (QED) is 0.735. The number of aromatic nitrogens is 2. The van der Waals surface area contributed by atoms with Crippen molar-refractivity contribution < 1.29 is 4.74 Å². The van der Waals surface area contributed by atoms with E-state index in [9.17, 15) is 0 Å². The van der Waals surface area contributed by atoms with Crippen LogP contribution >= 0.6 is 22.6 Å². The lowest BCUT2D eigenvalue weighted by Gasteiger charge is -2.18. The van der Waals surface area contributed by atoms with Crippen molar-refractivity contribution in [3.8, 4) is 0 Å². The third-order valence-electron chi connectivity index (χ3n) is 3.30. The summed E-state index contributed by atoms with van der Waals surface area (Å²) in [6, 6.07) is 0. The van der Waals surface area contributed by atoms with Gasteiger partial charge in [0.05, 0.1) is 9.26 Å². The summed E-state index contributed by atoms with van der Waals surface area (Å²) in [5.41, 5.74) is 1.20. The van der Waals surface area contributed by atoms with Crippen LogP contribution in [-0.4, -0.2) is 23.6 Å². The molecule has 1 aromatic rings. The largest absolute Gasteiger partial charge is 0.372 e. The topological polar surface area (TPSA) is 47.0 Å². The number of hydrogen-bond donors (Lipinski definition) is 1. The van der Waals surface area contributed by atoms with Gasteiger partial charge in [-0.1, -0.05) is 13.3 Å². The molecule has 0 saturated heterocycles. The molecule has 0 aromatic carbocycles. The summed E-state index contributed by atoms with van der Waals surface area (Å²) in [6.07, 6.45) is 4.58. The molecule has 1 fully saturated rings. The maximum absolute atomic E-state index is 5.81. The predicted molar refractivity (Wildman–Crippen MR) is 85.5 cm³/mol. The first-order chi connectivity index (χ1) is 9.21. The van der Waals surface area contributed by atoms with E-state index in [1.54, 1.807) is 0 Å². The molecule has 0 radical (unpaired) electrons. The maximum Gasteiger partial charge on any atom is 0.159 e. The van der Waals surface area contributed by atoms with Gasteiger partial charge in [-0.2, -0.15) is 0 Å². The van der Waals surface area contributed by atoms with Gasteiger partial charge in [0.1, 0.15) is 11.9 Å². The highest BCUT2D eigenvalue weighted by Crippen LogP contribution is 2.42. The molecule has 0 bridgehead atoms. The Morgan fingerprint density at radius 1 is 1.37 bits per heavy atom. The van der Waals surface area contributed by atoms with Crippen LogP contribution in [0.4, 0.5) is 5.82 Å². The molecule has 0 aliphatic heterocycles. The average molecular weight is 375 g/mol. The molecule has 19 heavy (non-hydrogen) atoms. The van der Waals surface area contributed by atoms with Crippen molar-refractivity contribution in [1.82, 2.24) is 9.97 Å². The molecule has 1 N–H and O–H groups in total. The van der Waals surface area contributed by atoms with Crippen LogP contribution in [0, 0.1) is 3.57 Å². The number of hydrogen-bond acceptors (Lipinski definition) is 4. The summed E-state index contributed by atoms with van der Waals surface area (Å²) in [5.74, 6) is 2.41. The second-order valence-corrected chi connectivity index (χ2v) is 5.97. The van der Waals surface area contributed by atoms with Crippen LogP contribution in [0.25, 0.3) is 0 Å². The molecular formula is C14H22IN3O. The van der Waals surface area contributed by atoms with E-state index < -0.39 is 0 Å². The molecule has 1 heterocycles. The number of anilines is 1. The van der Waals surface area contributed by atoms with Crippen molar-refractivity contribution in [2.24, 2.45) is 0 Å². The first-order valence-electron chi connectivity index (χ1n) is 7.07. The van der Waals surface area contributed by atoms with Crippen molar-refractivity contribution >= 4 is 28.4 Å². The molecule has 4 nitrogen and oxygen atoms in total. The van der Waals surface area contributed by atoms with Crippen LogP contribution < -0.4 is 5.32 Å². The molecule has 0 amide bonds. The zero-order valence-electron chi connectivity index (χ0n) is 11.9. The molecule has 0 spiro atoms. The van der Waals surface area contributed by atoms with Gasteiger partial charge in [0.15, 0.2) is 5.82 Å². The van der Waals surface area contributed by atoms with E-state index in [2.05, 4.69) is 39.8 Å². The summed E-state index contributed by atoms with van der Waals surface area (Å²) in [5, 5.41) is 3.18. The normalized spacial score (nSPS) is 16.4. The number of rotatable bonds is 7. The molecular weight excluding hydrogens is 353 g/mol. The van der Waals surface area contributed by atoms with Crippen molar-refractivity contribution in [2.45, 2.75) is 51.6 Å². The van der Waals surface area contributed by atoms with Crippen molar-refractivity contribution in [1.29, 1.82) is 0 Å². The van der Waals surface area contributed by atoms with Gasteiger partial charge >= 0.3 is 0 Å². The predicted octanol–water partition coefficient (Wildman–Crippen LogP) is 3.88. The Hall–Kier alpha value is -0.430. The Bertz CT molecular complexity index is 429. The molecule has 1 aromatic heterocycles. The summed E-state index contributed by atoms with van der Waals surface area (Å²) in [6.45, 7) is 4.89. The molecule has 1 aliphatic rings. The summed E-state index contributed by atoms with van der Waals surface area (Å²) in [7, 11) is 1.92. The van der Waals surface area contributed by atoms with Crippen LogP contribution in [0.15, 0.2) is 0 Å². The van der Waals surface area contributed by atoms with Crippen LogP contribution in [0.3, 0.4) is 0 Å². The third kappa shape index (κ3) is 3.56. The molecule has 1 aliphatic carbocycles. The minimum Gasteiger partial charge on any atom is -0.372 e. The number of nitrogens with one attached hydrogen (secondary N) is 1. The molecule has 1 unspecified atom stereocenters. The van der Waals surface area contributed by atoms with E-state index >= 15 is 0 Å². The molecule has 5 heteroatoms. The number of ether oxygens (including phenoxy) is 1. The van der Waals surface area contributed by atoms with Crippen LogP contribution in [0.5, 0.6) is 0 Å². The van der Waals surface area contributed by atoms with Gasteiger partial charge in [-0.15, -0.1) is 0 Å². The standard InChI is InChI=1S/C14H22IN3O/c1-4-6-10(19-5-2)13-17-12(9-7-8-9)11(15)14(16-3)18-13/h9-10H,4-8H2,1-3H3,(H,16,17,18). The van der Waals surface area contributed by atoms with Crippen LogP contribution in [-0.2, 0) is 4.74 Å². The van der Waals surface area contributed by atoms with E-state index in [0.717, 1.165) is 28.1 Å². The average Bonchev–Trinajstić information content (AvgIpc) is 3.23.